The van der Waals surface area contributed by atoms with Gasteiger partial charge < -0.3 is 15.5 Å². The van der Waals surface area contributed by atoms with E-state index in [2.05, 4.69) is 26.6 Å². The zero-order valence-corrected chi connectivity index (χ0v) is 15.3. The van der Waals surface area contributed by atoms with E-state index in [1.807, 2.05) is 25.2 Å². The van der Waals surface area contributed by atoms with Gasteiger partial charge in [-0.15, -0.1) is 24.0 Å². The highest BCUT2D eigenvalue weighted by Gasteiger charge is 2.26. The van der Waals surface area contributed by atoms with Gasteiger partial charge in [0.05, 0.1) is 0 Å². The summed E-state index contributed by atoms with van der Waals surface area (Å²) in [6.45, 7) is 2.05. The van der Waals surface area contributed by atoms with Gasteiger partial charge in [-0.1, -0.05) is 17.7 Å². The highest BCUT2D eigenvalue weighted by Crippen LogP contribution is 2.23. The second kappa shape index (κ2) is 7.54. The molecule has 1 aliphatic heterocycles. The van der Waals surface area contributed by atoms with Crippen molar-refractivity contribution in [3.63, 3.8) is 0 Å². The molecular formula is C15H22ClIN4. The minimum absolute atomic E-state index is 0. The van der Waals surface area contributed by atoms with Crippen LogP contribution in [0, 0.1) is 0 Å². The molecule has 1 unspecified atom stereocenters. The first-order chi connectivity index (χ1) is 9.74. The smallest absolute Gasteiger partial charge is 0.191 e. The Hall–Kier alpha value is -0.690. The number of halogens is 2. The monoisotopic (exact) mass is 420 g/mol. The van der Waals surface area contributed by atoms with Crippen molar-refractivity contribution < 1.29 is 0 Å². The van der Waals surface area contributed by atoms with E-state index in [1.165, 1.54) is 18.5 Å². The average Bonchev–Trinajstić information content (AvgIpc) is 3.14. The Labute approximate surface area is 148 Å². The van der Waals surface area contributed by atoms with Crippen LogP contribution in [-0.4, -0.2) is 38.2 Å². The maximum absolute atomic E-state index is 6.06. The number of nitrogens with zero attached hydrogens (tertiary/aromatic N) is 2. The van der Waals surface area contributed by atoms with Crippen molar-refractivity contribution in [3.8, 4) is 0 Å². The predicted octanol–water partition coefficient (Wildman–Crippen LogP) is 2.86. The van der Waals surface area contributed by atoms with Crippen LogP contribution in [0.4, 0.5) is 5.69 Å². The standard InChI is InChI=1S/C15H21ClN4.HI/c1-17-15(18-12-5-6-12)19-13-7-8-20(10-13)14-4-2-3-11(16)9-14;/h2-4,9,12-13H,5-8,10H2,1H3,(H2,17,18,19);1H. The average molecular weight is 421 g/mol. The van der Waals surface area contributed by atoms with Crippen molar-refractivity contribution >= 4 is 47.2 Å². The molecule has 1 saturated heterocycles. The van der Waals surface area contributed by atoms with Gasteiger partial charge in [0.1, 0.15) is 0 Å². The predicted molar refractivity (Wildman–Crippen MR) is 100 cm³/mol. The van der Waals surface area contributed by atoms with E-state index in [-0.39, 0.29) is 24.0 Å². The zero-order valence-electron chi connectivity index (χ0n) is 12.2. The van der Waals surface area contributed by atoms with Crippen LogP contribution >= 0.6 is 35.6 Å². The van der Waals surface area contributed by atoms with Crippen LogP contribution in [-0.2, 0) is 0 Å². The lowest BCUT2D eigenvalue weighted by molar-refractivity contribution is 0.648. The lowest BCUT2D eigenvalue weighted by atomic mass is 10.3. The summed E-state index contributed by atoms with van der Waals surface area (Å²) >= 11 is 6.06. The quantitative estimate of drug-likeness (QED) is 0.449. The number of hydrogen-bond acceptors (Lipinski definition) is 2. The van der Waals surface area contributed by atoms with E-state index >= 15 is 0 Å². The third-order valence-corrected chi connectivity index (χ3v) is 4.08. The Kier molecular flexibility index (Phi) is 5.98. The topological polar surface area (TPSA) is 39.7 Å². The van der Waals surface area contributed by atoms with E-state index in [0.717, 1.165) is 30.5 Å². The van der Waals surface area contributed by atoms with Crippen molar-refractivity contribution in [1.82, 2.24) is 10.6 Å². The highest BCUT2D eigenvalue weighted by molar-refractivity contribution is 14.0. The number of rotatable bonds is 3. The third kappa shape index (κ3) is 4.64. The van der Waals surface area contributed by atoms with Crippen LogP contribution in [0.3, 0.4) is 0 Å². The summed E-state index contributed by atoms with van der Waals surface area (Å²) in [5.41, 5.74) is 1.20. The molecule has 3 rings (SSSR count). The molecule has 2 fully saturated rings. The minimum atomic E-state index is 0. The molecule has 0 amide bonds. The van der Waals surface area contributed by atoms with Gasteiger partial charge in [-0.2, -0.15) is 0 Å². The molecule has 1 aliphatic carbocycles. The molecule has 0 spiro atoms. The largest absolute Gasteiger partial charge is 0.369 e. The number of nitrogens with one attached hydrogen (secondary N) is 2. The first-order valence-corrected chi connectivity index (χ1v) is 7.63. The molecule has 1 heterocycles. The molecule has 4 nitrogen and oxygen atoms in total. The van der Waals surface area contributed by atoms with Crippen molar-refractivity contribution in [2.45, 2.75) is 31.3 Å². The lowest BCUT2D eigenvalue weighted by Gasteiger charge is -2.20. The fourth-order valence-corrected chi connectivity index (χ4v) is 2.76. The molecular weight excluding hydrogens is 399 g/mol. The molecule has 0 bridgehead atoms. The van der Waals surface area contributed by atoms with Crippen LogP contribution < -0.4 is 15.5 Å². The fraction of sp³-hybridized carbons (Fsp3) is 0.533. The molecule has 21 heavy (non-hydrogen) atoms. The van der Waals surface area contributed by atoms with E-state index in [1.54, 1.807) is 0 Å². The summed E-state index contributed by atoms with van der Waals surface area (Å²) < 4.78 is 0. The molecule has 116 valence electrons. The van der Waals surface area contributed by atoms with Crippen LogP contribution in [0.5, 0.6) is 0 Å². The maximum atomic E-state index is 6.06. The molecule has 2 aliphatic rings. The van der Waals surface area contributed by atoms with Crippen LogP contribution in [0.15, 0.2) is 29.3 Å². The third-order valence-electron chi connectivity index (χ3n) is 3.84. The Morgan fingerprint density at radius 3 is 2.67 bits per heavy atom. The molecule has 0 radical (unpaired) electrons. The molecule has 1 atom stereocenters. The molecule has 1 aromatic carbocycles. The Balaban J connectivity index is 0.00000161. The van der Waals surface area contributed by atoms with Crippen molar-refractivity contribution in [2.75, 3.05) is 25.0 Å². The molecule has 2 N–H and O–H groups in total. The van der Waals surface area contributed by atoms with Crippen LogP contribution in [0.25, 0.3) is 0 Å². The van der Waals surface area contributed by atoms with Gasteiger partial charge in [-0.05, 0) is 37.5 Å². The Morgan fingerprint density at radius 1 is 1.24 bits per heavy atom. The number of aliphatic imine (C=N–C) groups is 1. The van der Waals surface area contributed by atoms with Gasteiger partial charge in [-0.25, -0.2) is 0 Å². The second-order valence-electron chi connectivity index (χ2n) is 5.55. The highest BCUT2D eigenvalue weighted by atomic mass is 127. The second-order valence-corrected chi connectivity index (χ2v) is 5.98. The molecule has 6 heteroatoms. The van der Waals surface area contributed by atoms with E-state index in [9.17, 15) is 0 Å². The number of anilines is 1. The Morgan fingerprint density at radius 2 is 2.00 bits per heavy atom. The summed E-state index contributed by atoms with van der Waals surface area (Å²) in [6, 6.07) is 9.14. The summed E-state index contributed by atoms with van der Waals surface area (Å²) in [6.07, 6.45) is 3.65. The zero-order chi connectivity index (χ0) is 13.9. The number of benzene rings is 1. The Bertz CT molecular complexity index is 504. The van der Waals surface area contributed by atoms with Crippen molar-refractivity contribution in [3.05, 3.63) is 29.3 Å². The summed E-state index contributed by atoms with van der Waals surface area (Å²) in [7, 11) is 1.83. The fourth-order valence-electron chi connectivity index (χ4n) is 2.57. The number of hydrogen-bond donors (Lipinski definition) is 2. The van der Waals surface area contributed by atoms with Gasteiger partial charge in [0, 0.05) is 42.9 Å². The van der Waals surface area contributed by atoms with Crippen molar-refractivity contribution in [2.24, 2.45) is 4.99 Å². The van der Waals surface area contributed by atoms with Crippen LogP contribution in [0.1, 0.15) is 19.3 Å². The molecule has 1 saturated carbocycles. The summed E-state index contributed by atoms with van der Waals surface area (Å²) in [5.74, 6) is 0.936. The van der Waals surface area contributed by atoms with E-state index < -0.39 is 0 Å². The van der Waals surface area contributed by atoms with E-state index in [0.29, 0.717) is 12.1 Å². The molecule has 0 aromatic heterocycles. The first-order valence-electron chi connectivity index (χ1n) is 7.25. The summed E-state index contributed by atoms with van der Waals surface area (Å²) in [5, 5.41) is 7.74. The number of guanidine groups is 1. The summed E-state index contributed by atoms with van der Waals surface area (Å²) in [4.78, 5) is 6.67. The lowest BCUT2D eigenvalue weighted by Crippen LogP contribution is -2.45. The SMILES string of the molecule is CN=C(NC1CC1)NC1CCN(c2cccc(Cl)c2)C1.I. The van der Waals surface area contributed by atoms with Gasteiger partial charge in [0.25, 0.3) is 0 Å². The van der Waals surface area contributed by atoms with Gasteiger partial charge >= 0.3 is 0 Å². The molecule has 1 aromatic rings. The first kappa shape index (κ1) is 16.7. The van der Waals surface area contributed by atoms with Gasteiger partial charge in [0.15, 0.2) is 5.96 Å². The minimum Gasteiger partial charge on any atom is -0.369 e. The maximum Gasteiger partial charge on any atom is 0.191 e. The van der Waals surface area contributed by atoms with Crippen LogP contribution in [0.2, 0.25) is 5.02 Å². The van der Waals surface area contributed by atoms with Gasteiger partial charge in [0.2, 0.25) is 0 Å². The van der Waals surface area contributed by atoms with Gasteiger partial charge in [-0.3, -0.25) is 4.99 Å². The normalized spacial score (nSPS) is 21.9. The van der Waals surface area contributed by atoms with Crippen molar-refractivity contribution in [1.29, 1.82) is 0 Å². The van der Waals surface area contributed by atoms with E-state index in [4.69, 9.17) is 11.6 Å².